The van der Waals surface area contributed by atoms with E-state index in [1.165, 1.54) is 0 Å². The number of alkyl carbamates (subject to hydrolysis) is 1. The molecular formula is C16H21N2O4S-. The predicted octanol–water partition coefficient (Wildman–Crippen LogP) is 2.79. The molecule has 6 nitrogen and oxygen atoms in total. The highest BCUT2D eigenvalue weighted by molar-refractivity contribution is 7.79. The predicted molar refractivity (Wildman–Crippen MR) is 88.0 cm³/mol. The smallest absolute Gasteiger partial charge is 0.407 e. The van der Waals surface area contributed by atoms with E-state index >= 15 is 0 Å². The molecule has 0 fully saturated rings. The van der Waals surface area contributed by atoms with Crippen LogP contribution in [0.25, 0.3) is 10.9 Å². The molecule has 1 amide bonds. The molecule has 0 spiro atoms. The molecule has 2 aromatic rings. The first-order valence-corrected chi connectivity index (χ1v) is 8.49. The fraction of sp³-hybridized carbons (Fsp3) is 0.438. The number of rotatable bonds is 5. The average molecular weight is 337 g/mol. The summed E-state index contributed by atoms with van der Waals surface area (Å²) in [7, 11) is 0. The van der Waals surface area contributed by atoms with Crippen molar-refractivity contribution in [2.24, 2.45) is 0 Å². The quantitative estimate of drug-likeness (QED) is 0.672. The topological polar surface area (TPSA) is 83.4 Å². The molecule has 0 aliphatic carbocycles. The van der Waals surface area contributed by atoms with Gasteiger partial charge in [0.15, 0.2) is 0 Å². The summed E-state index contributed by atoms with van der Waals surface area (Å²) < 4.78 is 29.1. The van der Waals surface area contributed by atoms with E-state index in [2.05, 4.69) is 5.32 Å². The molecule has 0 radical (unpaired) electrons. The number of hydrogen-bond donors (Lipinski definition) is 1. The van der Waals surface area contributed by atoms with E-state index in [0.29, 0.717) is 6.54 Å². The van der Waals surface area contributed by atoms with Crippen LogP contribution in [-0.4, -0.2) is 31.6 Å². The number of benzene rings is 1. The number of nitrogens with one attached hydrogen (secondary N) is 1. The van der Waals surface area contributed by atoms with Crippen LogP contribution in [0.2, 0.25) is 0 Å². The maximum atomic E-state index is 11.5. The lowest BCUT2D eigenvalue weighted by Crippen LogP contribution is -2.33. The minimum atomic E-state index is -2.22. The van der Waals surface area contributed by atoms with Gasteiger partial charge >= 0.3 is 6.09 Å². The minimum absolute atomic E-state index is 0.279. The van der Waals surface area contributed by atoms with E-state index in [9.17, 15) is 13.6 Å². The zero-order valence-corrected chi connectivity index (χ0v) is 14.3. The summed E-state index contributed by atoms with van der Waals surface area (Å²) in [6, 6.07) is 6.91. The number of nitrogens with zero attached hydrogens (tertiary/aromatic N) is 1. The minimum Gasteiger partial charge on any atom is -0.768 e. The van der Waals surface area contributed by atoms with Crippen molar-refractivity contribution < 1.29 is 18.3 Å². The van der Waals surface area contributed by atoms with Gasteiger partial charge in [-0.2, -0.15) is 0 Å². The second-order valence-corrected chi connectivity index (χ2v) is 7.19. The summed E-state index contributed by atoms with van der Waals surface area (Å²) in [4.78, 5) is 11.8. The highest BCUT2D eigenvalue weighted by Crippen LogP contribution is 2.19. The number of ether oxygens (including phenoxy) is 1. The molecule has 0 saturated carbocycles. The van der Waals surface area contributed by atoms with Crippen LogP contribution in [0.4, 0.5) is 4.79 Å². The van der Waals surface area contributed by atoms with Crippen molar-refractivity contribution in [3.8, 4) is 0 Å². The molecule has 1 unspecified atom stereocenters. The molecule has 1 aromatic heterocycles. The first-order valence-electron chi connectivity index (χ1n) is 7.41. The largest absolute Gasteiger partial charge is 0.768 e. The van der Waals surface area contributed by atoms with Crippen molar-refractivity contribution in [1.82, 2.24) is 9.88 Å². The molecule has 0 aliphatic heterocycles. The van der Waals surface area contributed by atoms with Gasteiger partial charge in [0.05, 0.1) is 0 Å². The SMILES string of the molecule is CC(C)(C)OC(=O)NCCCn1ccc2cc(S(=O)[O-])ccc21. The van der Waals surface area contributed by atoms with E-state index < -0.39 is 22.8 Å². The lowest BCUT2D eigenvalue weighted by Gasteiger charge is -2.19. The molecule has 126 valence electrons. The monoisotopic (exact) mass is 337 g/mol. The van der Waals surface area contributed by atoms with Crippen molar-refractivity contribution in [3.05, 3.63) is 30.5 Å². The summed E-state index contributed by atoms with van der Waals surface area (Å²) in [5, 5.41) is 3.60. The molecule has 7 heteroatoms. The Kier molecular flexibility index (Phi) is 5.43. The number of aryl methyl sites for hydroxylation is 1. The Morgan fingerprint density at radius 1 is 1.35 bits per heavy atom. The lowest BCUT2D eigenvalue weighted by molar-refractivity contribution is 0.0526. The highest BCUT2D eigenvalue weighted by atomic mass is 32.2. The third-order valence-electron chi connectivity index (χ3n) is 3.18. The van der Waals surface area contributed by atoms with Crippen LogP contribution in [0.3, 0.4) is 0 Å². The van der Waals surface area contributed by atoms with Crippen LogP contribution < -0.4 is 5.32 Å². The highest BCUT2D eigenvalue weighted by Gasteiger charge is 2.15. The zero-order chi connectivity index (χ0) is 17.0. The molecule has 1 atom stereocenters. The van der Waals surface area contributed by atoms with Gasteiger partial charge in [0.25, 0.3) is 0 Å². The Bertz CT molecular complexity index is 718. The second-order valence-electron chi connectivity index (χ2n) is 6.25. The zero-order valence-electron chi connectivity index (χ0n) is 13.5. The van der Waals surface area contributed by atoms with Gasteiger partial charge in [0, 0.05) is 35.1 Å². The number of fused-ring (bicyclic) bond motifs is 1. The molecular weight excluding hydrogens is 316 g/mol. The average Bonchev–Trinajstić information content (AvgIpc) is 2.84. The summed E-state index contributed by atoms with van der Waals surface area (Å²) in [5.74, 6) is 0. The van der Waals surface area contributed by atoms with Crippen LogP contribution >= 0.6 is 0 Å². The van der Waals surface area contributed by atoms with E-state index in [1.54, 1.807) is 18.2 Å². The van der Waals surface area contributed by atoms with E-state index in [4.69, 9.17) is 4.74 Å². The van der Waals surface area contributed by atoms with Crippen molar-refractivity contribution in [3.63, 3.8) is 0 Å². The number of hydrogen-bond acceptors (Lipinski definition) is 4. The van der Waals surface area contributed by atoms with E-state index in [1.807, 2.05) is 37.6 Å². The first-order chi connectivity index (χ1) is 10.8. The Labute approximate surface area is 138 Å². The normalized spacial score (nSPS) is 13.0. The third kappa shape index (κ3) is 5.07. The maximum Gasteiger partial charge on any atom is 0.407 e. The molecule has 2 rings (SSSR count). The van der Waals surface area contributed by atoms with Crippen molar-refractivity contribution in [2.75, 3.05) is 6.54 Å². The molecule has 1 N–H and O–H groups in total. The van der Waals surface area contributed by atoms with Gasteiger partial charge in [-0.25, -0.2) is 4.79 Å². The van der Waals surface area contributed by atoms with Gasteiger partial charge in [0.1, 0.15) is 5.60 Å². The number of carbonyl (C=O) groups excluding carboxylic acids is 1. The molecule has 0 saturated heterocycles. The van der Waals surface area contributed by atoms with Crippen LogP contribution in [0.5, 0.6) is 0 Å². The molecule has 1 aromatic carbocycles. The van der Waals surface area contributed by atoms with Crippen molar-refractivity contribution in [2.45, 2.75) is 44.2 Å². The number of carbonyl (C=O) groups is 1. The Balaban J connectivity index is 1.88. The Hall–Kier alpha value is -1.86. The van der Waals surface area contributed by atoms with Crippen LogP contribution in [-0.2, 0) is 22.4 Å². The fourth-order valence-corrected chi connectivity index (χ4v) is 2.63. The molecule has 1 heterocycles. The van der Waals surface area contributed by atoms with Crippen LogP contribution in [0.1, 0.15) is 27.2 Å². The molecule has 23 heavy (non-hydrogen) atoms. The summed E-state index contributed by atoms with van der Waals surface area (Å²) in [5.41, 5.74) is 0.469. The van der Waals surface area contributed by atoms with Gasteiger partial charge in [0.2, 0.25) is 0 Å². The van der Waals surface area contributed by atoms with E-state index in [-0.39, 0.29) is 4.90 Å². The number of amides is 1. The van der Waals surface area contributed by atoms with Crippen LogP contribution in [0, 0.1) is 0 Å². The van der Waals surface area contributed by atoms with E-state index in [0.717, 1.165) is 23.9 Å². The summed E-state index contributed by atoms with van der Waals surface area (Å²) in [6.07, 6.45) is 2.24. The molecule has 0 bridgehead atoms. The molecule has 0 aliphatic rings. The Morgan fingerprint density at radius 3 is 2.74 bits per heavy atom. The standard InChI is InChI=1S/C16H22N2O4S/c1-16(2,3)22-15(19)17-8-4-9-18-10-7-12-11-13(23(20)21)5-6-14(12)18/h5-7,10-11H,4,8-9H2,1-3H3,(H,17,19)(H,20,21)/p-1. The van der Waals surface area contributed by atoms with Crippen molar-refractivity contribution in [1.29, 1.82) is 0 Å². The van der Waals surface area contributed by atoms with Gasteiger partial charge in [-0.05, 0) is 62.5 Å². The maximum absolute atomic E-state index is 11.5. The van der Waals surface area contributed by atoms with Gasteiger partial charge in [-0.3, -0.25) is 4.21 Å². The van der Waals surface area contributed by atoms with Gasteiger partial charge in [-0.15, -0.1) is 0 Å². The van der Waals surface area contributed by atoms with Gasteiger partial charge < -0.3 is 19.2 Å². The van der Waals surface area contributed by atoms with Gasteiger partial charge in [-0.1, -0.05) is 0 Å². The first kappa shape index (κ1) is 17.5. The summed E-state index contributed by atoms with van der Waals surface area (Å²) >= 11 is -2.22. The lowest BCUT2D eigenvalue weighted by atomic mass is 10.2. The van der Waals surface area contributed by atoms with Crippen molar-refractivity contribution >= 4 is 28.1 Å². The number of aromatic nitrogens is 1. The summed E-state index contributed by atoms with van der Waals surface area (Å²) in [6.45, 7) is 6.70. The Morgan fingerprint density at radius 2 is 2.09 bits per heavy atom. The fourth-order valence-electron chi connectivity index (χ4n) is 2.23. The van der Waals surface area contributed by atoms with Crippen LogP contribution in [0.15, 0.2) is 35.4 Å². The third-order valence-corrected chi connectivity index (χ3v) is 3.82. The second kappa shape index (κ2) is 7.14.